The molecule has 106 valence electrons. The number of imidazole rings is 1. The first-order valence-electron chi connectivity index (χ1n) is 5.74. The van der Waals surface area contributed by atoms with Gasteiger partial charge in [0.05, 0.1) is 5.02 Å². The average Bonchev–Trinajstić information content (AvgIpc) is 2.96. The van der Waals surface area contributed by atoms with Crippen molar-refractivity contribution in [2.75, 3.05) is 5.32 Å². The van der Waals surface area contributed by atoms with Gasteiger partial charge in [0.25, 0.3) is 0 Å². The van der Waals surface area contributed by atoms with Crippen molar-refractivity contribution in [3.05, 3.63) is 51.7 Å². The van der Waals surface area contributed by atoms with E-state index in [4.69, 9.17) is 23.2 Å². The number of benzene rings is 1. The molecule has 0 amide bonds. The molecule has 21 heavy (non-hydrogen) atoms. The maximum absolute atomic E-state index is 6.05. The summed E-state index contributed by atoms with van der Waals surface area (Å²) in [5.41, 5.74) is 0.738. The summed E-state index contributed by atoms with van der Waals surface area (Å²) in [4.78, 5) is 16.3. The summed E-state index contributed by atoms with van der Waals surface area (Å²) in [5.74, 6) is 0.690. The van der Waals surface area contributed by atoms with E-state index in [9.17, 15) is 0 Å². The topological polar surface area (TPSA) is 68.5 Å². The Kier molecular flexibility index (Phi) is 4.05. The second kappa shape index (κ2) is 5.97. The van der Waals surface area contributed by atoms with Crippen LogP contribution in [0.1, 0.15) is 0 Å². The largest absolute Gasteiger partial charge is 0.324 e. The fraction of sp³-hybridized carbons (Fsp3) is 0. The van der Waals surface area contributed by atoms with Crippen LogP contribution in [0.25, 0.3) is 5.95 Å². The zero-order valence-corrected chi connectivity index (χ0v) is 13.4. The molecule has 3 rings (SSSR count). The lowest BCUT2D eigenvalue weighted by atomic mass is 10.3. The highest BCUT2D eigenvalue weighted by molar-refractivity contribution is 9.10. The third-order valence-electron chi connectivity index (χ3n) is 2.51. The van der Waals surface area contributed by atoms with E-state index in [-0.39, 0.29) is 5.28 Å². The van der Waals surface area contributed by atoms with Crippen molar-refractivity contribution in [1.82, 2.24) is 24.5 Å². The number of nitrogens with zero attached hydrogens (tertiary/aromatic N) is 5. The number of hydrogen-bond donors (Lipinski definition) is 1. The van der Waals surface area contributed by atoms with Crippen LogP contribution in [0.5, 0.6) is 0 Å². The molecule has 0 radical (unpaired) electrons. The standard InChI is InChI=1S/C12H7BrCl2N6/c13-8-2-1-7(5-9(8)14)17-11-18-10(15)19-12(20-11)21-4-3-16-6-21/h1-6H,(H,17,18,19,20). The summed E-state index contributed by atoms with van der Waals surface area (Å²) in [6, 6.07) is 5.41. The zero-order valence-electron chi connectivity index (χ0n) is 10.3. The second-order valence-electron chi connectivity index (χ2n) is 3.95. The Morgan fingerprint density at radius 1 is 1.14 bits per heavy atom. The zero-order chi connectivity index (χ0) is 14.8. The Bertz CT molecular complexity index is 777. The fourth-order valence-electron chi connectivity index (χ4n) is 1.59. The van der Waals surface area contributed by atoms with Gasteiger partial charge in [-0.15, -0.1) is 0 Å². The maximum Gasteiger partial charge on any atom is 0.241 e. The number of rotatable bonds is 3. The van der Waals surface area contributed by atoms with Gasteiger partial charge >= 0.3 is 0 Å². The quantitative estimate of drug-likeness (QED) is 0.741. The van der Waals surface area contributed by atoms with Crippen LogP contribution in [0, 0.1) is 0 Å². The van der Waals surface area contributed by atoms with E-state index in [1.165, 1.54) is 0 Å². The molecule has 0 aliphatic heterocycles. The highest BCUT2D eigenvalue weighted by atomic mass is 79.9. The average molecular weight is 386 g/mol. The molecule has 9 heteroatoms. The second-order valence-corrected chi connectivity index (χ2v) is 5.55. The lowest BCUT2D eigenvalue weighted by Gasteiger charge is -2.08. The number of nitrogens with one attached hydrogen (secondary N) is 1. The molecule has 0 saturated carbocycles. The number of hydrogen-bond acceptors (Lipinski definition) is 5. The third-order valence-corrected chi connectivity index (χ3v) is 3.91. The fourth-order valence-corrected chi connectivity index (χ4v) is 2.17. The highest BCUT2D eigenvalue weighted by Crippen LogP contribution is 2.26. The normalized spacial score (nSPS) is 10.6. The number of halogens is 3. The molecule has 1 N–H and O–H groups in total. The number of aromatic nitrogens is 5. The molecule has 0 aliphatic rings. The monoisotopic (exact) mass is 384 g/mol. The summed E-state index contributed by atoms with van der Waals surface area (Å²) >= 11 is 15.3. The summed E-state index contributed by atoms with van der Waals surface area (Å²) in [6.45, 7) is 0. The van der Waals surface area contributed by atoms with E-state index in [1.54, 1.807) is 29.4 Å². The van der Waals surface area contributed by atoms with Crippen LogP contribution in [0.15, 0.2) is 41.4 Å². The lowest BCUT2D eigenvalue weighted by molar-refractivity contribution is 0.899. The summed E-state index contributed by atoms with van der Waals surface area (Å²) in [7, 11) is 0. The van der Waals surface area contributed by atoms with E-state index in [2.05, 4.69) is 41.2 Å². The van der Waals surface area contributed by atoms with Gasteiger partial charge in [0.15, 0.2) is 0 Å². The molecular formula is C12H7BrCl2N6. The Hall–Kier alpha value is -1.70. The van der Waals surface area contributed by atoms with Crippen molar-refractivity contribution in [2.45, 2.75) is 0 Å². The summed E-state index contributed by atoms with van der Waals surface area (Å²) in [6.07, 6.45) is 4.91. The van der Waals surface area contributed by atoms with Crippen LogP contribution < -0.4 is 5.32 Å². The maximum atomic E-state index is 6.05. The number of anilines is 2. The predicted octanol–water partition coefficient (Wildman–Crippen LogP) is 3.87. The van der Waals surface area contributed by atoms with Gasteiger partial charge < -0.3 is 5.32 Å². The first-order valence-corrected chi connectivity index (χ1v) is 7.29. The van der Waals surface area contributed by atoms with Crippen molar-refractivity contribution < 1.29 is 0 Å². The van der Waals surface area contributed by atoms with Gasteiger partial charge in [-0.05, 0) is 45.7 Å². The Labute approximate surface area is 138 Å². The summed E-state index contributed by atoms with van der Waals surface area (Å²) in [5, 5.41) is 3.69. The molecule has 0 aliphatic carbocycles. The molecule has 0 fully saturated rings. The van der Waals surface area contributed by atoms with Crippen LogP contribution in [-0.4, -0.2) is 24.5 Å². The molecule has 2 aromatic heterocycles. The van der Waals surface area contributed by atoms with E-state index >= 15 is 0 Å². The minimum Gasteiger partial charge on any atom is -0.324 e. The first-order chi connectivity index (χ1) is 10.1. The van der Waals surface area contributed by atoms with Crippen LogP contribution in [0.2, 0.25) is 10.3 Å². The minimum absolute atomic E-state index is 0.0828. The Morgan fingerprint density at radius 3 is 2.71 bits per heavy atom. The molecule has 0 spiro atoms. The molecule has 0 atom stereocenters. The van der Waals surface area contributed by atoms with Crippen molar-refractivity contribution in [3.8, 4) is 5.95 Å². The summed E-state index contributed by atoms with van der Waals surface area (Å²) < 4.78 is 2.44. The molecule has 0 bridgehead atoms. The van der Waals surface area contributed by atoms with Gasteiger partial charge in [-0.1, -0.05) is 11.6 Å². The van der Waals surface area contributed by atoms with Gasteiger partial charge in [0, 0.05) is 22.6 Å². The van der Waals surface area contributed by atoms with Gasteiger partial charge in [-0.3, -0.25) is 4.57 Å². The predicted molar refractivity (Wildman–Crippen MR) is 84.4 cm³/mol. The molecule has 2 heterocycles. The van der Waals surface area contributed by atoms with Crippen LogP contribution in [-0.2, 0) is 0 Å². The SMILES string of the molecule is Clc1nc(Nc2ccc(Br)c(Cl)c2)nc(-n2ccnc2)n1. The third kappa shape index (κ3) is 3.31. The van der Waals surface area contributed by atoms with Crippen LogP contribution in [0.4, 0.5) is 11.6 Å². The lowest BCUT2D eigenvalue weighted by Crippen LogP contribution is -2.05. The Morgan fingerprint density at radius 2 is 2.00 bits per heavy atom. The van der Waals surface area contributed by atoms with Gasteiger partial charge in [0.1, 0.15) is 6.33 Å². The van der Waals surface area contributed by atoms with E-state index in [0.717, 1.165) is 10.2 Å². The molecular weight excluding hydrogens is 379 g/mol. The van der Waals surface area contributed by atoms with E-state index in [0.29, 0.717) is 16.9 Å². The smallest absolute Gasteiger partial charge is 0.241 e. The molecule has 0 saturated heterocycles. The highest BCUT2D eigenvalue weighted by Gasteiger charge is 2.08. The molecule has 6 nitrogen and oxygen atoms in total. The Balaban J connectivity index is 1.93. The van der Waals surface area contributed by atoms with Gasteiger partial charge in [-0.2, -0.15) is 15.0 Å². The first kappa shape index (κ1) is 14.2. The molecule has 1 aromatic carbocycles. The van der Waals surface area contributed by atoms with Crippen LogP contribution >= 0.6 is 39.1 Å². The van der Waals surface area contributed by atoms with Gasteiger partial charge in [0.2, 0.25) is 17.2 Å². The van der Waals surface area contributed by atoms with E-state index < -0.39 is 0 Å². The van der Waals surface area contributed by atoms with Crippen molar-refractivity contribution >= 4 is 50.8 Å². The van der Waals surface area contributed by atoms with Crippen molar-refractivity contribution in [1.29, 1.82) is 0 Å². The van der Waals surface area contributed by atoms with Gasteiger partial charge in [-0.25, -0.2) is 4.98 Å². The molecule has 3 aromatic rings. The van der Waals surface area contributed by atoms with Crippen LogP contribution in [0.3, 0.4) is 0 Å². The van der Waals surface area contributed by atoms with Crippen molar-refractivity contribution in [3.63, 3.8) is 0 Å². The minimum atomic E-state index is 0.0828. The van der Waals surface area contributed by atoms with E-state index in [1.807, 2.05) is 12.1 Å². The van der Waals surface area contributed by atoms with Crippen molar-refractivity contribution in [2.24, 2.45) is 0 Å². The molecule has 0 unspecified atom stereocenters.